The number of amides is 1. The number of rotatable bonds is 8. The molecule has 1 unspecified atom stereocenters. The van der Waals surface area contributed by atoms with Gasteiger partial charge in [0.2, 0.25) is 5.91 Å². The van der Waals surface area contributed by atoms with Gasteiger partial charge in [-0.3, -0.25) is 4.79 Å². The molecule has 0 heterocycles. The lowest BCUT2D eigenvalue weighted by Gasteiger charge is -2.26. The summed E-state index contributed by atoms with van der Waals surface area (Å²) in [5.74, 6) is 0.0421. The highest BCUT2D eigenvalue weighted by atomic mass is 16.2. The summed E-state index contributed by atoms with van der Waals surface area (Å²) in [6.45, 7) is 9.74. The van der Waals surface area contributed by atoms with Gasteiger partial charge < -0.3 is 15.7 Å². The highest BCUT2D eigenvalue weighted by Gasteiger charge is 2.20. The predicted molar refractivity (Wildman–Crippen MR) is 66.2 cm³/mol. The molecule has 0 rings (SSSR count). The third-order valence-electron chi connectivity index (χ3n) is 2.64. The molecule has 0 aromatic carbocycles. The van der Waals surface area contributed by atoms with E-state index in [1.165, 1.54) is 0 Å². The first-order valence-corrected chi connectivity index (χ1v) is 6.05. The van der Waals surface area contributed by atoms with Gasteiger partial charge in [-0.15, -0.1) is 0 Å². The van der Waals surface area contributed by atoms with Crippen molar-refractivity contribution < 1.29 is 9.90 Å². The fourth-order valence-electron chi connectivity index (χ4n) is 1.50. The number of aliphatic hydroxyl groups is 1. The van der Waals surface area contributed by atoms with E-state index >= 15 is 0 Å². The molecule has 0 saturated heterocycles. The van der Waals surface area contributed by atoms with Crippen molar-refractivity contribution in [1.82, 2.24) is 10.6 Å². The van der Waals surface area contributed by atoms with Gasteiger partial charge in [-0.1, -0.05) is 13.8 Å². The Kier molecular flexibility index (Phi) is 7.34. The molecule has 0 aliphatic rings. The third kappa shape index (κ3) is 6.80. The van der Waals surface area contributed by atoms with Crippen molar-refractivity contribution in [3.05, 3.63) is 0 Å². The average Bonchev–Trinajstić information content (AvgIpc) is 2.23. The smallest absolute Gasteiger partial charge is 0.236 e. The Hall–Kier alpha value is -0.610. The van der Waals surface area contributed by atoms with Crippen LogP contribution in [-0.2, 0) is 4.79 Å². The van der Waals surface area contributed by atoms with Gasteiger partial charge in [-0.25, -0.2) is 0 Å². The molecule has 16 heavy (non-hydrogen) atoms. The first kappa shape index (κ1) is 15.4. The van der Waals surface area contributed by atoms with Crippen molar-refractivity contribution in [2.75, 3.05) is 19.7 Å². The molecular weight excluding hydrogens is 204 g/mol. The molecule has 0 fully saturated rings. The fourth-order valence-corrected chi connectivity index (χ4v) is 1.50. The Morgan fingerprint density at radius 1 is 1.44 bits per heavy atom. The molecule has 0 radical (unpaired) electrons. The van der Waals surface area contributed by atoms with Gasteiger partial charge in [0.15, 0.2) is 0 Å². The second-order valence-electron chi connectivity index (χ2n) is 4.99. The molecule has 1 atom stereocenters. The van der Waals surface area contributed by atoms with Gasteiger partial charge in [0.05, 0.1) is 6.04 Å². The number of aliphatic hydroxyl groups excluding tert-OH is 1. The maximum Gasteiger partial charge on any atom is 0.236 e. The van der Waals surface area contributed by atoms with Crippen LogP contribution >= 0.6 is 0 Å². The van der Waals surface area contributed by atoms with E-state index in [0.717, 1.165) is 19.4 Å². The van der Waals surface area contributed by atoms with E-state index in [-0.39, 0.29) is 24.0 Å². The first-order chi connectivity index (χ1) is 7.43. The number of hydrogen-bond donors (Lipinski definition) is 3. The molecule has 96 valence electrons. The molecule has 0 saturated carbocycles. The zero-order valence-corrected chi connectivity index (χ0v) is 11.0. The molecule has 0 aromatic heterocycles. The topological polar surface area (TPSA) is 61.4 Å². The van der Waals surface area contributed by atoms with Crippen LogP contribution in [0.3, 0.4) is 0 Å². The quantitative estimate of drug-likeness (QED) is 0.580. The Balaban J connectivity index is 3.88. The lowest BCUT2D eigenvalue weighted by Crippen LogP contribution is -2.45. The number of hydrogen-bond acceptors (Lipinski definition) is 3. The van der Waals surface area contributed by atoms with Gasteiger partial charge in [-0.05, 0) is 32.1 Å². The Morgan fingerprint density at radius 3 is 2.56 bits per heavy atom. The van der Waals surface area contributed by atoms with Gasteiger partial charge in [0.1, 0.15) is 0 Å². The van der Waals surface area contributed by atoms with Gasteiger partial charge in [-0.2, -0.15) is 0 Å². The SMILES string of the molecule is CCNC(=O)C(C)NCC(C)(C)CCCO. The van der Waals surface area contributed by atoms with Crippen LogP contribution in [0, 0.1) is 5.41 Å². The summed E-state index contributed by atoms with van der Waals surface area (Å²) in [5.41, 5.74) is 0.115. The van der Waals surface area contributed by atoms with Crippen LogP contribution in [0.4, 0.5) is 0 Å². The summed E-state index contributed by atoms with van der Waals surface area (Å²) in [6.07, 6.45) is 1.77. The predicted octanol–water partition coefficient (Wildman–Crippen LogP) is 0.899. The summed E-state index contributed by atoms with van der Waals surface area (Å²) in [7, 11) is 0. The molecule has 0 aliphatic heterocycles. The van der Waals surface area contributed by atoms with E-state index < -0.39 is 0 Å². The minimum absolute atomic E-state index is 0.0421. The molecular formula is C12H26N2O2. The zero-order valence-electron chi connectivity index (χ0n) is 11.0. The van der Waals surface area contributed by atoms with Gasteiger partial charge in [0.25, 0.3) is 0 Å². The van der Waals surface area contributed by atoms with E-state index in [1.54, 1.807) is 0 Å². The van der Waals surface area contributed by atoms with Crippen LogP contribution in [0.1, 0.15) is 40.5 Å². The van der Waals surface area contributed by atoms with Gasteiger partial charge >= 0.3 is 0 Å². The summed E-state index contributed by atoms with van der Waals surface area (Å²) in [5, 5.41) is 14.8. The van der Waals surface area contributed by atoms with Gasteiger partial charge in [0, 0.05) is 19.7 Å². The van der Waals surface area contributed by atoms with Crippen LogP contribution < -0.4 is 10.6 Å². The molecule has 0 bridgehead atoms. The summed E-state index contributed by atoms with van der Waals surface area (Å²) in [4.78, 5) is 11.5. The van der Waals surface area contributed by atoms with E-state index in [0.29, 0.717) is 6.54 Å². The maximum absolute atomic E-state index is 11.5. The average molecular weight is 230 g/mol. The summed E-state index contributed by atoms with van der Waals surface area (Å²) < 4.78 is 0. The van der Waals surface area contributed by atoms with Crippen molar-refractivity contribution in [2.24, 2.45) is 5.41 Å². The van der Waals surface area contributed by atoms with Crippen LogP contribution in [-0.4, -0.2) is 36.8 Å². The molecule has 4 nitrogen and oxygen atoms in total. The summed E-state index contributed by atoms with van der Waals surface area (Å²) >= 11 is 0. The standard InChI is InChI=1S/C12H26N2O2/c1-5-13-11(16)10(2)14-9-12(3,4)7-6-8-15/h10,14-15H,5-9H2,1-4H3,(H,13,16). The van der Waals surface area contributed by atoms with Crippen LogP contribution in [0.25, 0.3) is 0 Å². The molecule has 0 spiro atoms. The lowest BCUT2D eigenvalue weighted by atomic mass is 9.87. The maximum atomic E-state index is 11.5. The molecule has 1 amide bonds. The molecule has 0 aromatic rings. The summed E-state index contributed by atoms with van der Waals surface area (Å²) in [6, 6.07) is -0.159. The minimum Gasteiger partial charge on any atom is -0.396 e. The van der Waals surface area contributed by atoms with Crippen LogP contribution in [0.2, 0.25) is 0 Å². The second kappa shape index (κ2) is 7.63. The van der Waals surface area contributed by atoms with Crippen LogP contribution in [0.15, 0.2) is 0 Å². The lowest BCUT2D eigenvalue weighted by molar-refractivity contribution is -0.122. The Bertz CT molecular complexity index is 205. The van der Waals surface area contributed by atoms with E-state index in [4.69, 9.17) is 5.11 Å². The monoisotopic (exact) mass is 230 g/mol. The Morgan fingerprint density at radius 2 is 2.06 bits per heavy atom. The molecule has 4 heteroatoms. The van der Waals surface area contributed by atoms with Crippen molar-refractivity contribution in [3.8, 4) is 0 Å². The number of nitrogens with one attached hydrogen (secondary N) is 2. The molecule has 3 N–H and O–H groups in total. The largest absolute Gasteiger partial charge is 0.396 e. The van der Waals surface area contributed by atoms with Crippen molar-refractivity contribution in [2.45, 2.75) is 46.6 Å². The minimum atomic E-state index is -0.159. The third-order valence-corrected chi connectivity index (χ3v) is 2.64. The number of carbonyl (C=O) groups excluding carboxylic acids is 1. The van der Waals surface area contributed by atoms with E-state index in [2.05, 4.69) is 24.5 Å². The van der Waals surface area contributed by atoms with Crippen molar-refractivity contribution in [1.29, 1.82) is 0 Å². The second-order valence-corrected chi connectivity index (χ2v) is 4.99. The Labute approximate surface area is 98.8 Å². The zero-order chi connectivity index (χ0) is 12.6. The normalized spacial score (nSPS) is 13.6. The number of carbonyl (C=O) groups is 1. The highest BCUT2D eigenvalue weighted by Crippen LogP contribution is 2.20. The van der Waals surface area contributed by atoms with Crippen LogP contribution in [0.5, 0.6) is 0 Å². The highest BCUT2D eigenvalue weighted by molar-refractivity contribution is 5.81. The van der Waals surface area contributed by atoms with Crippen molar-refractivity contribution in [3.63, 3.8) is 0 Å². The van der Waals surface area contributed by atoms with Crippen molar-refractivity contribution >= 4 is 5.91 Å². The fraction of sp³-hybridized carbons (Fsp3) is 0.917. The number of likely N-dealkylation sites (N-methyl/N-ethyl adjacent to an activating group) is 1. The molecule has 0 aliphatic carbocycles. The first-order valence-electron chi connectivity index (χ1n) is 6.05. The van der Waals surface area contributed by atoms with E-state index in [9.17, 15) is 4.79 Å². The van der Waals surface area contributed by atoms with E-state index in [1.807, 2.05) is 13.8 Å².